The van der Waals surface area contributed by atoms with Crippen molar-refractivity contribution >= 4 is 11.9 Å². The number of carbonyl (C=O) groups excluding carboxylic acids is 2. The fraction of sp³-hybridized carbons (Fsp3) is 0.765. The second kappa shape index (κ2) is 6.82. The van der Waals surface area contributed by atoms with Crippen LogP contribution in [0.2, 0.25) is 0 Å². The highest BCUT2D eigenvalue weighted by atomic mass is 16.7. The molecule has 1 saturated heterocycles. The van der Waals surface area contributed by atoms with Gasteiger partial charge in [-0.15, -0.1) is 11.6 Å². The standard InChI is InChI=1S/C17H28N2O3/c1-5-17(3,4)16(21)18-14-9-8-13-7-6-10-19(15(13)11-14)22-12(2)20/h5,13-15H,1,6-11H2,2-4H3,(H,18,21). The van der Waals surface area contributed by atoms with Crippen LogP contribution >= 0.6 is 0 Å². The first-order valence-electron chi connectivity index (χ1n) is 8.23. The van der Waals surface area contributed by atoms with Crippen LogP contribution in [0, 0.1) is 11.3 Å². The van der Waals surface area contributed by atoms with Crippen LogP contribution in [-0.2, 0) is 14.4 Å². The fourth-order valence-electron chi connectivity index (χ4n) is 3.45. The molecule has 1 amide bonds. The summed E-state index contributed by atoms with van der Waals surface area (Å²) >= 11 is 0. The maximum atomic E-state index is 12.3. The Labute approximate surface area is 133 Å². The lowest BCUT2D eigenvalue weighted by molar-refractivity contribution is -0.217. The van der Waals surface area contributed by atoms with Gasteiger partial charge in [0, 0.05) is 19.5 Å². The Hall–Kier alpha value is -1.36. The van der Waals surface area contributed by atoms with E-state index in [9.17, 15) is 9.59 Å². The van der Waals surface area contributed by atoms with Crippen LogP contribution in [-0.4, -0.2) is 35.6 Å². The predicted molar refractivity (Wildman–Crippen MR) is 84.7 cm³/mol. The summed E-state index contributed by atoms with van der Waals surface area (Å²) in [6.07, 6.45) is 6.84. The second-order valence-corrected chi connectivity index (χ2v) is 7.10. The molecule has 2 rings (SSSR count). The van der Waals surface area contributed by atoms with Crippen molar-refractivity contribution in [2.24, 2.45) is 11.3 Å². The van der Waals surface area contributed by atoms with Crippen LogP contribution in [0.25, 0.3) is 0 Å². The lowest BCUT2D eigenvalue weighted by atomic mass is 9.77. The van der Waals surface area contributed by atoms with Gasteiger partial charge in [-0.25, -0.2) is 0 Å². The first-order chi connectivity index (χ1) is 10.3. The Bertz CT molecular complexity index is 447. The van der Waals surface area contributed by atoms with E-state index >= 15 is 0 Å². The van der Waals surface area contributed by atoms with Gasteiger partial charge >= 0.3 is 5.97 Å². The molecule has 0 aromatic rings. The van der Waals surface area contributed by atoms with Gasteiger partial charge in [-0.2, -0.15) is 0 Å². The number of hydroxylamine groups is 2. The first-order valence-corrected chi connectivity index (χ1v) is 8.23. The number of nitrogens with zero attached hydrogens (tertiary/aromatic N) is 1. The monoisotopic (exact) mass is 308 g/mol. The third kappa shape index (κ3) is 3.88. The van der Waals surface area contributed by atoms with E-state index in [1.54, 1.807) is 6.08 Å². The van der Waals surface area contributed by atoms with Gasteiger partial charge in [-0.3, -0.25) is 9.59 Å². The summed E-state index contributed by atoms with van der Waals surface area (Å²) in [6.45, 7) is 9.70. The van der Waals surface area contributed by atoms with E-state index in [1.165, 1.54) is 13.3 Å². The predicted octanol–water partition coefficient (Wildman–Crippen LogP) is 2.43. The Balaban J connectivity index is 1.98. The van der Waals surface area contributed by atoms with Crippen molar-refractivity contribution in [2.75, 3.05) is 6.54 Å². The van der Waals surface area contributed by atoms with E-state index in [0.717, 1.165) is 32.2 Å². The Kier molecular flexibility index (Phi) is 5.27. The summed E-state index contributed by atoms with van der Waals surface area (Å²) in [5, 5.41) is 4.98. The summed E-state index contributed by atoms with van der Waals surface area (Å²) in [5.41, 5.74) is -0.557. The highest BCUT2D eigenvalue weighted by Crippen LogP contribution is 2.36. The smallest absolute Gasteiger partial charge is 0.322 e. The number of amides is 1. The minimum absolute atomic E-state index is 0.0146. The van der Waals surface area contributed by atoms with Gasteiger partial charge in [0.25, 0.3) is 0 Å². The molecule has 124 valence electrons. The van der Waals surface area contributed by atoms with E-state index in [0.29, 0.717) is 5.92 Å². The molecule has 0 aromatic heterocycles. The van der Waals surface area contributed by atoms with Gasteiger partial charge < -0.3 is 10.2 Å². The molecular weight excluding hydrogens is 280 g/mol. The van der Waals surface area contributed by atoms with Gasteiger partial charge in [0.2, 0.25) is 5.91 Å². The molecule has 22 heavy (non-hydrogen) atoms. The molecule has 0 aromatic carbocycles. The molecule has 5 nitrogen and oxygen atoms in total. The van der Waals surface area contributed by atoms with Crippen molar-refractivity contribution in [1.82, 2.24) is 10.4 Å². The van der Waals surface area contributed by atoms with Crippen molar-refractivity contribution in [2.45, 2.75) is 65.0 Å². The molecule has 3 unspecified atom stereocenters. The highest BCUT2D eigenvalue weighted by Gasteiger charge is 2.39. The average Bonchev–Trinajstić information content (AvgIpc) is 2.47. The normalized spacial score (nSPS) is 29.3. The van der Waals surface area contributed by atoms with E-state index in [1.807, 2.05) is 18.9 Å². The van der Waals surface area contributed by atoms with Crippen molar-refractivity contribution in [3.05, 3.63) is 12.7 Å². The molecule has 5 heteroatoms. The van der Waals surface area contributed by atoms with Crippen LogP contribution in [0.4, 0.5) is 0 Å². The van der Waals surface area contributed by atoms with Crippen molar-refractivity contribution in [3.63, 3.8) is 0 Å². The molecular formula is C17H28N2O3. The van der Waals surface area contributed by atoms with Crippen LogP contribution in [0.15, 0.2) is 12.7 Å². The first kappa shape index (κ1) is 17.0. The van der Waals surface area contributed by atoms with E-state index in [4.69, 9.17) is 4.84 Å². The minimum atomic E-state index is -0.557. The van der Waals surface area contributed by atoms with E-state index in [-0.39, 0.29) is 24.0 Å². The maximum absolute atomic E-state index is 12.3. The molecule has 0 bridgehead atoms. The zero-order chi connectivity index (χ0) is 16.3. The number of fused-ring (bicyclic) bond motifs is 1. The van der Waals surface area contributed by atoms with Gasteiger partial charge in [0.15, 0.2) is 0 Å². The Morgan fingerprint density at radius 3 is 2.68 bits per heavy atom. The zero-order valence-corrected chi connectivity index (χ0v) is 13.9. The van der Waals surface area contributed by atoms with E-state index in [2.05, 4.69) is 11.9 Å². The summed E-state index contributed by atoms with van der Waals surface area (Å²) < 4.78 is 0. The Morgan fingerprint density at radius 1 is 1.32 bits per heavy atom. The molecule has 1 heterocycles. The van der Waals surface area contributed by atoms with Crippen LogP contribution in [0.3, 0.4) is 0 Å². The number of hydrogen-bond acceptors (Lipinski definition) is 4. The molecule has 0 radical (unpaired) electrons. The topological polar surface area (TPSA) is 58.6 Å². The summed E-state index contributed by atoms with van der Waals surface area (Å²) in [6, 6.07) is 0.368. The molecule has 1 N–H and O–H groups in total. The number of nitrogens with one attached hydrogen (secondary N) is 1. The molecule has 2 aliphatic rings. The van der Waals surface area contributed by atoms with Gasteiger partial charge in [0.1, 0.15) is 0 Å². The number of rotatable bonds is 4. The van der Waals surface area contributed by atoms with Gasteiger partial charge in [0.05, 0.1) is 11.5 Å². The van der Waals surface area contributed by atoms with Crippen molar-refractivity contribution in [1.29, 1.82) is 0 Å². The van der Waals surface area contributed by atoms with Crippen LogP contribution in [0.5, 0.6) is 0 Å². The third-order valence-corrected chi connectivity index (χ3v) is 4.96. The minimum Gasteiger partial charge on any atom is -0.368 e. The third-order valence-electron chi connectivity index (χ3n) is 4.96. The molecule has 1 aliphatic heterocycles. The second-order valence-electron chi connectivity index (χ2n) is 7.10. The van der Waals surface area contributed by atoms with Gasteiger partial charge in [-0.05, 0) is 51.9 Å². The van der Waals surface area contributed by atoms with Crippen LogP contribution in [0.1, 0.15) is 52.9 Å². The fourth-order valence-corrected chi connectivity index (χ4v) is 3.45. The molecule has 3 atom stereocenters. The lowest BCUT2D eigenvalue weighted by Crippen LogP contribution is -2.54. The van der Waals surface area contributed by atoms with Crippen LogP contribution < -0.4 is 5.32 Å². The van der Waals surface area contributed by atoms with Gasteiger partial charge in [-0.1, -0.05) is 6.08 Å². The number of piperidine rings is 1. The molecule has 1 saturated carbocycles. The average molecular weight is 308 g/mol. The lowest BCUT2D eigenvalue weighted by Gasteiger charge is -2.45. The quantitative estimate of drug-likeness (QED) is 0.810. The Morgan fingerprint density at radius 2 is 2.05 bits per heavy atom. The maximum Gasteiger partial charge on any atom is 0.322 e. The largest absolute Gasteiger partial charge is 0.368 e. The summed E-state index contributed by atoms with van der Waals surface area (Å²) in [5.74, 6) is 0.314. The summed E-state index contributed by atoms with van der Waals surface area (Å²) in [7, 11) is 0. The number of carbonyl (C=O) groups is 2. The van der Waals surface area contributed by atoms with E-state index < -0.39 is 5.41 Å². The highest BCUT2D eigenvalue weighted by molar-refractivity contribution is 5.83. The number of hydrogen-bond donors (Lipinski definition) is 1. The molecule has 0 spiro atoms. The van der Waals surface area contributed by atoms with Crippen molar-refractivity contribution in [3.8, 4) is 0 Å². The zero-order valence-electron chi connectivity index (χ0n) is 13.9. The summed E-state index contributed by atoms with van der Waals surface area (Å²) in [4.78, 5) is 28.9. The SMILES string of the molecule is C=CC(C)(C)C(=O)NC1CCC2CCCN(OC(C)=O)C2C1. The molecule has 2 fully saturated rings. The molecule has 1 aliphatic carbocycles. The van der Waals surface area contributed by atoms with Crippen molar-refractivity contribution < 1.29 is 14.4 Å².